The average Bonchev–Trinajstić information content (AvgIpc) is 2.46. The monoisotopic (exact) mass is 259 g/mol. The van der Waals surface area contributed by atoms with Gasteiger partial charge in [-0.05, 0) is 29.8 Å². The summed E-state index contributed by atoms with van der Waals surface area (Å²) in [6.07, 6.45) is 0. The Morgan fingerprint density at radius 1 is 1.00 bits per heavy atom. The van der Waals surface area contributed by atoms with Gasteiger partial charge in [-0.3, -0.25) is 10.1 Å². The van der Waals surface area contributed by atoms with E-state index in [0.29, 0.717) is 11.5 Å². The zero-order chi connectivity index (χ0) is 13.8. The molecule has 5 heteroatoms. The molecular weight excluding hydrogens is 246 g/mol. The molecule has 2 rings (SSSR count). The Balaban J connectivity index is 2.43. The lowest BCUT2D eigenvalue weighted by atomic mass is 10.0. The molecule has 0 aliphatic rings. The summed E-state index contributed by atoms with van der Waals surface area (Å²) >= 11 is 0. The van der Waals surface area contributed by atoms with Crippen LogP contribution in [0.3, 0.4) is 0 Å². The fourth-order valence-corrected chi connectivity index (χ4v) is 1.80. The number of benzene rings is 2. The Labute approximate surface area is 110 Å². The molecule has 0 bridgehead atoms. The van der Waals surface area contributed by atoms with Gasteiger partial charge in [0.2, 0.25) is 0 Å². The highest BCUT2D eigenvalue weighted by Gasteiger charge is 2.09. The molecule has 0 aliphatic carbocycles. The van der Waals surface area contributed by atoms with Crippen LogP contribution in [0.2, 0.25) is 0 Å². The van der Waals surface area contributed by atoms with E-state index in [-0.39, 0.29) is 5.69 Å². The SMILES string of the molecule is COc1ccc(-c2ccc([N+](=O)[O-])cc2)c(OC)c1. The number of non-ortho nitro benzene ring substituents is 1. The van der Waals surface area contributed by atoms with Crippen LogP contribution in [0, 0.1) is 10.1 Å². The fourth-order valence-electron chi connectivity index (χ4n) is 1.80. The molecule has 2 aromatic carbocycles. The molecule has 0 radical (unpaired) electrons. The van der Waals surface area contributed by atoms with Crippen molar-refractivity contribution in [2.24, 2.45) is 0 Å². The summed E-state index contributed by atoms with van der Waals surface area (Å²) in [5, 5.41) is 10.6. The van der Waals surface area contributed by atoms with Crippen molar-refractivity contribution in [2.45, 2.75) is 0 Å². The fraction of sp³-hybridized carbons (Fsp3) is 0.143. The van der Waals surface area contributed by atoms with E-state index in [1.165, 1.54) is 12.1 Å². The summed E-state index contributed by atoms with van der Waals surface area (Å²) in [5.41, 5.74) is 1.78. The first-order valence-electron chi connectivity index (χ1n) is 5.62. The molecule has 5 nitrogen and oxygen atoms in total. The second-order valence-corrected chi connectivity index (χ2v) is 3.87. The van der Waals surface area contributed by atoms with Crippen molar-refractivity contribution < 1.29 is 14.4 Å². The molecule has 0 fully saturated rings. The zero-order valence-corrected chi connectivity index (χ0v) is 10.6. The van der Waals surface area contributed by atoms with Crippen LogP contribution in [0.1, 0.15) is 0 Å². The van der Waals surface area contributed by atoms with Gasteiger partial charge in [0, 0.05) is 23.8 Å². The Morgan fingerprint density at radius 3 is 2.21 bits per heavy atom. The molecular formula is C14H13NO4. The lowest BCUT2D eigenvalue weighted by Crippen LogP contribution is -1.91. The van der Waals surface area contributed by atoms with Crippen LogP contribution >= 0.6 is 0 Å². The van der Waals surface area contributed by atoms with Gasteiger partial charge in [-0.25, -0.2) is 0 Å². The van der Waals surface area contributed by atoms with Gasteiger partial charge in [-0.2, -0.15) is 0 Å². The first kappa shape index (κ1) is 12.9. The van der Waals surface area contributed by atoms with Gasteiger partial charge in [-0.1, -0.05) is 0 Å². The predicted octanol–water partition coefficient (Wildman–Crippen LogP) is 3.28. The maximum atomic E-state index is 10.6. The number of nitrogens with zero attached hydrogens (tertiary/aromatic N) is 1. The highest BCUT2D eigenvalue weighted by molar-refractivity contribution is 5.72. The van der Waals surface area contributed by atoms with Crippen molar-refractivity contribution >= 4 is 5.69 Å². The van der Waals surface area contributed by atoms with Crippen LogP contribution in [-0.4, -0.2) is 19.1 Å². The van der Waals surface area contributed by atoms with Crippen molar-refractivity contribution in [1.82, 2.24) is 0 Å². The van der Waals surface area contributed by atoms with Gasteiger partial charge >= 0.3 is 0 Å². The summed E-state index contributed by atoms with van der Waals surface area (Å²) in [7, 11) is 3.16. The van der Waals surface area contributed by atoms with Crippen molar-refractivity contribution in [1.29, 1.82) is 0 Å². The second kappa shape index (κ2) is 5.39. The van der Waals surface area contributed by atoms with Crippen molar-refractivity contribution in [2.75, 3.05) is 14.2 Å². The second-order valence-electron chi connectivity index (χ2n) is 3.87. The highest BCUT2D eigenvalue weighted by Crippen LogP contribution is 2.33. The van der Waals surface area contributed by atoms with Crippen molar-refractivity contribution in [3.8, 4) is 22.6 Å². The van der Waals surface area contributed by atoms with Gasteiger partial charge in [0.1, 0.15) is 11.5 Å². The van der Waals surface area contributed by atoms with E-state index >= 15 is 0 Å². The number of rotatable bonds is 4. The molecule has 2 aromatic rings. The summed E-state index contributed by atoms with van der Waals surface area (Å²) in [4.78, 5) is 10.2. The van der Waals surface area contributed by atoms with Gasteiger partial charge < -0.3 is 9.47 Å². The average molecular weight is 259 g/mol. The quantitative estimate of drug-likeness (QED) is 0.624. The van der Waals surface area contributed by atoms with E-state index in [0.717, 1.165) is 11.1 Å². The Bertz CT molecular complexity index is 593. The van der Waals surface area contributed by atoms with E-state index < -0.39 is 4.92 Å². The van der Waals surface area contributed by atoms with E-state index in [4.69, 9.17) is 9.47 Å². The molecule has 0 atom stereocenters. The number of methoxy groups -OCH3 is 2. The van der Waals surface area contributed by atoms with Crippen LogP contribution in [0.25, 0.3) is 11.1 Å². The molecule has 0 aliphatic heterocycles. The molecule has 0 heterocycles. The first-order chi connectivity index (χ1) is 9.15. The zero-order valence-electron chi connectivity index (χ0n) is 10.6. The normalized spacial score (nSPS) is 10.0. The number of ether oxygens (including phenoxy) is 2. The lowest BCUT2D eigenvalue weighted by molar-refractivity contribution is -0.384. The predicted molar refractivity (Wildman–Crippen MR) is 71.6 cm³/mol. The third kappa shape index (κ3) is 2.65. The van der Waals surface area contributed by atoms with E-state index in [2.05, 4.69) is 0 Å². The summed E-state index contributed by atoms with van der Waals surface area (Å²) in [5.74, 6) is 1.36. The topological polar surface area (TPSA) is 61.6 Å². The maximum Gasteiger partial charge on any atom is 0.269 e. The summed E-state index contributed by atoms with van der Waals surface area (Å²) in [6.45, 7) is 0. The van der Waals surface area contributed by atoms with Gasteiger partial charge in [0.25, 0.3) is 5.69 Å². The number of nitro benzene ring substituents is 1. The Morgan fingerprint density at radius 2 is 1.68 bits per heavy atom. The number of hydrogen-bond donors (Lipinski definition) is 0. The molecule has 0 saturated heterocycles. The van der Waals surface area contributed by atoms with Crippen LogP contribution in [-0.2, 0) is 0 Å². The minimum Gasteiger partial charge on any atom is -0.497 e. The largest absolute Gasteiger partial charge is 0.497 e. The molecule has 0 aromatic heterocycles. The molecule has 19 heavy (non-hydrogen) atoms. The van der Waals surface area contributed by atoms with E-state index in [1.807, 2.05) is 12.1 Å². The molecule has 98 valence electrons. The summed E-state index contributed by atoms with van der Waals surface area (Å²) in [6, 6.07) is 11.8. The van der Waals surface area contributed by atoms with Crippen molar-refractivity contribution in [3.63, 3.8) is 0 Å². The standard InChI is InChI=1S/C14H13NO4/c1-18-12-7-8-13(14(9-12)19-2)10-3-5-11(6-4-10)15(16)17/h3-9H,1-2H3. The van der Waals surface area contributed by atoms with Crippen molar-refractivity contribution in [3.05, 3.63) is 52.6 Å². The molecule has 0 N–H and O–H groups in total. The smallest absolute Gasteiger partial charge is 0.269 e. The van der Waals surface area contributed by atoms with Gasteiger partial charge in [-0.15, -0.1) is 0 Å². The van der Waals surface area contributed by atoms with Gasteiger partial charge in [0.15, 0.2) is 0 Å². The molecule has 0 amide bonds. The Kier molecular flexibility index (Phi) is 3.66. The third-order valence-corrected chi connectivity index (χ3v) is 2.80. The number of nitro groups is 1. The minimum absolute atomic E-state index is 0.0660. The third-order valence-electron chi connectivity index (χ3n) is 2.80. The maximum absolute atomic E-state index is 10.6. The van der Waals surface area contributed by atoms with Crippen LogP contribution < -0.4 is 9.47 Å². The van der Waals surface area contributed by atoms with E-state index in [9.17, 15) is 10.1 Å². The minimum atomic E-state index is -0.422. The van der Waals surface area contributed by atoms with Crippen LogP contribution in [0.15, 0.2) is 42.5 Å². The van der Waals surface area contributed by atoms with Gasteiger partial charge in [0.05, 0.1) is 19.1 Å². The highest BCUT2D eigenvalue weighted by atomic mass is 16.6. The Hall–Kier alpha value is -2.56. The van der Waals surface area contributed by atoms with E-state index in [1.54, 1.807) is 32.4 Å². The molecule has 0 saturated carbocycles. The molecule has 0 spiro atoms. The lowest BCUT2D eigenvalue weighted by Gasteiger charge is -2.10. The number of hydrogen-bond acceptors (Lipinski definition) is 4. The molecule has 0 unspecified atom stereocenters. The first-order valence-corrected chi connectivity index (χ1v) is 5.62. The van der Waals surface area contributed by atoms with Crippen LogP contribution in [0.4, 0.5) is 5.69 Å². The van der Waals surface area contributed by atoms with Crippen LogP contribution in [0.5, 0.6) is 11.5 Å². The summed E-state index contributed by atoms with van der Waals surface area (Å²) < 4.78 is 10.4.